The van der Waals surface area contributed by atoms with Crippen molar-refractivity contribution < 1.29 is 13.5 Å². The lowest BCUT2D eigenvalue weighted by molar-refractivity contribution is 0.344. The molecule has 2 aromatic carbocycles. The van der Waals surface area contributed by atoms with Crippen LogP contribution in [0.1, 0.15) is 0 Å². The van der Waals surface area contributed by atoms with Gasteiger partial charge in [-0.15, -0.1) is 11.8 Å². The van der Waals surface area contributed by atoms with E-state index in [-0.39, 0.29) is 0 Å². The molecule has 2 rings (SSSR count). The first-order valence-corrected chi connectivity index (χ1v) is 6.70. The van der Waals surface area contributed by atoms with Crippen LogP contribution in [0.25, 0.3) is 0 Å². The molecule has 0 unspecified atom stereocenters. The van der Waals surface area contributed by atoms with Crippen molar-refractivity contribution in [1.82, 2.24) is 0 Å². The van der Waals surface area contributed by atoms with Crippen molar-refractivity contribution in [3.63, 3.8) is 0 Å². The van der Waals surface area contributed by atoms with Gasteiger partial charge in [0.25, 0.3) is 0 Å². The Bertz CT molecular complexity index is 563. The summed E-state index contributed by atoms with van der Waals surface area (Å²) in [5.41, 5.74) is 6.25. The van der Waals surface area contributed by atoms with E-state index in [9.17, 15) is 8.78 Å². The number of ether oxygens (including phenoxy) is 1. The third-order valence-electron chi connectivity index (χ3n) is 2.36. The second-order valence-electron chi connectivity index (χ2n) is 3.84. The van der Waals surface area contributed by atoms with E-state index in [1.807, 2.05) is 0 Å². The molecule has 0 spiro atoms. The zero-order valence-electron chi connectivity index (χ0n) is 10.1. The van der Waals surface area contributed by atoms with Crippen LogP contribution in [0.3, 0.4) is 0 Å². The number of anilines is 1. The second-order valence-corrected chi connectivity index (χ2v) is 4.98. The zero-order chi connectivity index (χ0) is 13.7. The van der Waals surface area contributed by atoms with Crippen molar-refractivity contribution in [3.8, 4) is 5.75 Å². The van der Waals surface area contributed by atoms with Crippen LogP contribution >= 0.6 is 11.8 Å². The van der Waals surface area contributed by atoms with Gasteiger partial charge in [0.15, 0.2) is 0 Å². The van der Waals surface area contributed by atoms with E-state index < -0.39 is 11.6 Å². The highest BCUT2D eigenvalue weighted by molar-refractivity contribution is 7.99. The quantitative estimate of drug-likeness (QED) is 0.515. The summed E-state index contributed by atoms with van der Waals surface area (Å²) in [6, 6.07) is 10.6. The molecule has 2 nitrogen and oxygen atoms in total. The lowest BCUT2D eigenvalue weighted by Gasteiger charge is -2.07. The van der Waals surface area contributed by atoms with Crippen LogP contribution in [0.15, 0.2) is 47.4 Å². The molecule has 0 amide bonds. The number of hydrogen-bond acceptors (Lipinski definition) is 3. The third-order valence-corrected chi connectivity index (χ3v) is 3.37. The number of rotatable bonds is 5. The maximum Gasteiger partial charge on any atom is 0.139 e. The van der Waals surface area contributed by atoms with Gasteiger partial charge >= 0.3 is 0 Å². The van der Waals surface area contributed by atoms with Gasteiger partial charge in [-0.05, 0) is 24.3 Å². The van der Waals surface area contributed by atoms with Crippen molar-refractivity contribution in [2.75, 3.05) is 18.1 Å². The summed E-state index contributed by atoms with van der Waals surface area (Å²) in [4.78, 5) is 0.414. The summed E-state index contributed by atoms with van der Waals surface area (Å²) in [6.07, 6.45) is 0. The summed E-state index contributed by atoms with van der Waals surface area (Å²) in [5, 5.41) is 0. The Morgan fingerprint density at radius 1 is 1.11 bits per heavy atom. The Kier molecular flexibility index (Phi) is 4.63. The number of benzene rings is 2. The van der Waals surface area contributed by atoms with Crippen LogP contribution in [0.4, 0.5) is 14.5 Å². The van der Waals surface area contributed by atoms with Crippen LogP contribution in [-0.2, 0) is 0 Å². The molecule has 0 radical (unpaired) electrons. The minimum atomic E-state index is -0.571. The third kappa shape index (κ3) is 4.13. The lowest BCUT2D eigenvalue weighted by Crippen LogP contribution is -2.01. The van der Waals surface area contributed by atoms with Crippen molar-refractivity contribution in [3.05, 3.63) is 54.1 Å². The van der Waals surface area contributed by atoms with Gasteiger partial charge in [-0.2, -0.15) is 0 Å². The minimum absolute atomic E-state index is 0.414. The van der Waals surface area contributed by atoms with Gasteiger partial charge in [-0.25, -0.2) is 8.78 Å². The van der Waals surface area contributed by atoms with E-state index in [0.29, 0.717) is 28.7 Å². The SMILES string of the molecule is Nc1cccc(OCCSc2ccc(F)cc2F)c1. The van der Waals surface area contributed by atoms with Gasteiger partial charge in [0.05, 0.1) is 6.61 Å². The predicted octanol–water partition coefficient (Wildman–Crippen LogP) is 3.72. The summed E-state index contributed by atoms with van der Waals surface area (Å²) in [7, 11) is 0. The van der Waals surface area contributed by atoms with E-state index in [4.69, 9.17) is 10.5 Å². The Hall–Kier alpha value is -1.75. The second kappa shape index (κ2) is 6.43. The van der Waals surface area contributed by atoms with Gasteiger partial charge < -0.3 is 10.5 Å². The standard InChI is InChI=1S/C14H13F2NOS/c15-10-4-5-14(13(16)8-10)19-7-6-18-12-3-1-2-11(17)9-12/h1-5,8-9H,6-7,17H2. The highest BCUT2D eigenvalue weighted by atomic mass is 32.2. The topological polar surface area (TPSA) is 35.2 Å². The fourth-order valence-corrected chi connectivity index (χ4v) is 2.26. The van der Waals surface area contributed by atoms with Crippen molar-refractivity contribution in [2.24, 2.45) is 0 Å². The molecular weight excluding hydrogens is 268 g/mol. The number of thioether (sulfide) groups is 1. The molecule has 0 saturated carbocycles. The van der Waals surface area contributed by atoms with Gasteiger partial charge in [-0.1, -0.05) is 6.07 Å². The molecule has 5 heteroatoms. The smallest absolute Gasteiger partial charge is 0.139 e. The number of halogens is 2. The normalized spacial score (nSPS) is 10.4. The molecule has 0 aliphatic carbocycles. The number of nitrogens with two attached hydrogens (primary N) is 1. The maximum atomic E-state index is 13.3. The summed E-state index contributed by atoms with van der Waals surface area (Å²) < 4.78 is 31.5. The molecule has 2 N–H and O–H groups in total. The van der Waals surface area contributed by atoms with Crippen LogP contribution in [0, 0.1) is 11.6 Å². The number of nitrogen functional groups attached to an aromatic ring is 1. The highest BCUT2D eigenvalue weighted by Crippen LogP contribution is 2.22. The monoisotopic (exact) mass is 281 g/mol. The van der Waals surface area contributed by atoms with Gasteiger partial charge in [0.2, 0.25) is 0 Å². The Morgan fingerprint density at radius 2 is 1.95 bits per heavy atom. The van der Waals surface area contributed by atoms with Crippen molar-refractivity contribution in [1.29, 1.82) is 0 Å². The van der Waals surface area contributed by atoms with Crippen LogP contribution in [0.2, 0.25) is 0 Å². The lowest BCUT2D eigenvalue weighted by atomic mass is 10.3. The first-order chi connectivity index (χ1) is 9.15. The van der Waals surface area contributed by atoms with Crippen molar-refractivity contribution in [2.45, 2.75) is 4.90 Å². The highest BCUT2D eigenvalue weighted by Gasteiger charge is 2.04. The Labute approximate surface area is 114 Å². The average Bonchev–Trinajstić information content (AvgIpc) is 2.37. The Balaban J connectivity index is 1.81. The summed E-state index contributed by atoms with van der Waals surface area (Å²) in [6.45, 7) is 0.422. The molecule has 0 aromatic heterocycles. The van der Waals surface area contributed by atoms with E-state index in [0.717, 1.165) is 6.07 Å². The predicted molar refractivity (Wildman–Crippen MR) is 73.4 cm³/mol. The summed E-state index contributed by atoms with van der Waals surface area (Å²) in [5.74, 6) is 0.129. The molecule has 2 aromatic rings. The molecule has 0 fully saturated rings. The van der Waals surface area contributed by atoms with E-state index in [1.54, 1.807) is 24.3 Å². The largest absolute Gasteiger partial charge is 0.493 e. The first-order valence-electron chi connectivity index (χ1n) is 5.71. The van der Waals surface area contributed by atoms with Crippen LogP contribution < -0.4 is 10.5 Å². The van der Waals surface area contributed by atoms with E-state index in [2.05, 4.69) is 0 Å². The van der Waals surface area contributed by atoms with Gasteiger partial charge in [0.1, 0.15) is 17.4 Å². The van der Waals surface area contributed by atoms with Gasteiger partial charge in [-0.3, -0.25) is 0 Å². The minimum Gasteiger partial charge on any atom is -0.493 e. The molecule has 100 valence electrons. The molecule has 0 saturated heterocycles. The average molecular weight is 281 g/mol. The van der Waals surface area contributed by atoms with Crippen LogP contribution in [-0.4, -0.2) is 12.4 Å². The van der Waals surface area contributed by atoms with E-state index >= 15 is 0 Å². The molecule has 0 aliphatic heterocycles. The van der Waals surface area contributed by atoms with Gasteiger partial charge in [0, 0.05) is 28.5 Å². The first kappa shape index (κ1) is 13.7. The molecule has 0 atom stereocenters. The molecule has 0 bridgehead atoms. The van der Waals surface area contributed by atoms with Crippen LogP contribution in [0.5, 0.6) is 5.75 Å². The molecule has 19 heavy (non-hydrogen) atoms. The molecule has 0 heterocycles. The zero-order valence-corrected chi connectivity index (χ0v) is 10.9. The molecular formula is C14H13F2NOS. The fourth-order valence-electron chi connectivity index (χ4n) is 1.51. The summed E-state index contributed by atoms with van der Waals surface area (Å²) >= 11 is 1.28. The molecule has 0 aliphatic rings. The fraction of sp³-hybridized carbons (Fsp3) is 0.143. The number of hydrogen-bond donors (Lipinski definition) is 1. The Morgan fingerprint density at radius 3 is 2.68 bits per heavy atom. The maximum absolute atomic E-state index is 13.3. The van der Waals surface area contributed by atoms with E-state index in [1.165, 1.54) is 23.9 Å². The van der Waals surface area contributed by atoms with Crippen molar-refractivity contribution >= 4 is 17.4 Å².